The van der Waals surface area contributed by atoms with E-state index in [0.717, 1.165) is 50.4 Å². The number of anilines is 3. The lowest BCUT2D eigenvalue weighted by Crippen LogP contribution is -2.33. The summed E-state index contributed by atoms with van der Waals surface area (Å²) in [6, 6.07) is 17.5. The highest BCUT2D eigenvalue weighted by molar-refractivity contribution is 5.84. The quantitative estimate of drug-likeness (QED) is 0.519. The number of nitrogens with two attached hydrogens (primary N) is 1. The molecule has 0 spiro atoms. The lowest BCUT2D eigenvalue weighted by Gasteiger charge is -2.25. The molecule has 0 radical (unpaired) electrons. The third-order valence-electron chi connectivity index (χ3n) is 5.89. The van der Waals surface area contributed by atoms with Crippen LogP contribution in [0.15, 0.2) is 54.9 Å². The van der Waals surface area contributed by atoms with E-state index in [1.807, 2.05) is 0 Å². The fourth-order valence-corrected chi connectivity index (χ4v) is 4.42. The Kier molecular flexibility index (Phi) is 5.16. The summed E-state index contributed by atoms with van der Waals surface area (Å²) < 4.78 is 0. The summed E-state index contributed by atoms with van der Waals surface area (Å²) in [5.41, 5.74) is 12.7. The highest BCUT2D eigenvalue weighted by Crippen LogP contribution is 2.30. The largest absolute Gasteiger partial charge is 0.369 e. The van der Waals surface area contributed by atoms with Crippen molar-refractivity contribution in [2.45, 2.75) is 26.3 Å². The summed E-state index contributed by atoms with van der Waals surface area (Å²) in [5, 5.41) is 0. The van der Waals surface area contributed by atoms with Crippen LogP contribution in [-0.2, 0) is 13.0 Å². The van der Waals surface area contributed by atoms with Crippen molar-refractivity contribution < 1.29 is 0 Å². The van der Waals surface area contributed by atoms with E-state index in [-0.39, 0.29) is 5.95 Å². The highest BCUT2D eigenvalue weighted by atomic mass is 15.3. The van der Waals surface area contributed by atoms with Gasteiger partial charge in [-0.05, 0) is 37.0 Å². The van der Waals surface area contributed by atoms with Gasteiger partial charge in [-0.25, -0.2) is 4.98 Å². The Morgan fingerprint density at radius 2 is 1.97 bits per heavy atom. The Bertz CT molecular complexity index is 1200. The minimum Gasteiger partial charge on any atom is -0.369 e. The molecule has 2 aromatic heterocycles. The molecule has 2 aromatic carbocycles. The summed E-state index contributed by atoms with van der Waals surface area (Å²) in [5.74, 6) is 1.07. The molecule has 3 N–H and O–H groups in total. The maximum absolute atomic E-state index is 5.97. The van der Waals surface area contributed by atoms with Gasteiger partial charge in [-0.2, -0.15) is 9.97 Å². The summed E-state index contributed by atoms with van der Waals surface area (Å²) in [4.78, 5) is 21.0. The Hall–Kier alpha value is -3.61. The number of imidazole rings is 1. The van der Waals surface area contributed by atoms with Crippen LogP contribution in [0.3, 0.4) is 0 Å². The molecule has 1 aliphatic heterocycles. The van der Waals surface area contributed by atoms with Gasteiger partial charge in [0.15, 0.2) is 11.5 Å². The van der Waals surface area contributed by atoms with Crippen LogP contribution in [-0.4, -0.2) is 39.6 Å². The van der Waals surface area contributed by atoms with E-state index in [2.05, 4.69) is 85.2 Å². The van der Waals surface area contributed by atoms with Gasteiger partial charge in [-0.1, -0.05) is 48.0 Å². The number of H-pyrrole nitrogens is 1. The van der Waals surface area contributed by atoms with Crippen molar-refractivity contribution in [3.05, 3.63) is 71.5 Å². The lowest BCUT2D eigenvalue weighted by atomic mass is 10.1. The van der Waals surface area contributed by atoms with E-state index in [4.69, 9.17) is 5.73 Å². The molecule has 0 atom stereocenters. The Morgan fingerprint density at radius 1 is 1.06 bits per heavy atom. The molecule has 1 aliphatic rings. The third-order valence-corrected chi connectivity index (χ3v) is 5.89. The van der Waals surface area contributed by atoms with Crippen LogP contribution in [0.4, 0.5) is 17.5 Å². The first-order valence-electron chi connectivity index (χ1n) is 10.8. The fraction of sp³-hybridized carbons (Fsp3) is 0.292. The van der Waals surface area contributed by atoms with Gasteiger partial charge < -0.3 is 20.5 Å². The van der Waals surface area contributed by atoms with Crippen LogP contribution < -0.4 is 15.5 Å². The average Bonchev–Trinajstić information content (AvgIpc) is 3.15. The van der Waals surface area contributed by atoms with Crippen molar-refractivity contribution in [3.63, 3.8) is 0 Å². The molecule has 158 valence electrons. The number of rotatable bonds is 5. The van der Waals surface area contributed by atoms with Gasteiger partial charge in [0.1, 0.15) is 5.52 Å². The Morgan fingerprint density at radius 3 is 2.87 bits per heavy atom. The zero-order chi connectivity index (χ0) is 21.2. The normalized spacial score (nSPS) is 14.0. The predicted octanol–water partition coefficient (Wildman–Crippen LogP) is 3.70. The summed E-state index contributed by atoms with van der Waals surface area (Å²) >= 11 is 0. The minimum atomic E-state index is 0.252. The summed E-state index contributed by atoms with van der Waals surface area (Å²) in [6.07, 6.45) is 3.84. The first-order valence-corrected chi connectivity index (χ1v) is 10.8. The topological polar surface area (TPSA) is 87.0 Å². The van der Waals surface area contributed by atoms with Gasteiger partial charge in [0.25, 0.3) is 0 Å². The fourth-order valence-electron chi connectivity index (χ4n) is 4.42. The Balaban J connectivity index is 1.37. The van der Waals surface area contributed by atoms with Gasteiger partial charge >= 0.3 is 0 Å². The van der Waals surface area contributed by atoms with Crippen molar-refractivity contribution in [2.75, 3.05) is 35.2 Å². The molecule has 0 bridgehead atoms. The second-order valence-electron chi connectivity index (χ2n) is 8.14. The van der Waals surface area contributed by atoms with E-state index < -0.39 is 0 Å². The molecule has 7 nitrogen and oxygen atoms in total. The third kappa shape index (κ3) is 4.03. The molecular weight excluding hydrogens is 386 g/mol. The van der Waals surface area contributed by atoms with E-state index in [9.17, 15) is 0 Å². The molecule has 0 saturated heterocycles. The molecule has 0 saturated carbocycles. The number of hydrogen-bond donors (Lipinski definition) is 2. The van der Waals surface area contributed by atoms with Crippen LogP contribution >= 0.6 is 0 Å². The van der Waals surface area contributed by atoms with E-state index in [1.54, 1.807) is 6.33 Å². The molecule has 0 aliphatic carbocycles. The number of nitrogens with one attached hydrogen (secondary N) is 1. The summed E-state index contributed by atoms with van der Waals surface area (Å²) in [7, 11) is 0. The molecule has 3 heterocycles. The van der Waals surface area contributed by atoms with Crippen molar-refractivity contribution in [2.24, 2.45) is 0 Å². The van der Waals surface area contributed by atoms with Crippen LogP contribution in [0.25, 0.3) is 11.2 Å². The second kappa shape index (κ2) is 8.26. The maximum Gasteiger partial charge on any atom is 0.224 e. The highest BCUT2D eigenvalue weighted by Gasteiger charge is 2.23. The van der Waals surface area contributed by atoms with Crippen molar-refractivity contribution >= 4 is 28.6 Å². The number of para-hydroxylation sites is 1. The number of aromatic nitrogens is 4. The predicted molar refractivity (Wildman–Crippen MR) is 125 cm³/mol. The molecule has 5 rings (SSSR count). The maximum atomic E-state index is 5.97. The average molecular weight is 414 g/mol. The van der Waals surface area contributed by atoms with Crippen molar-refractivity contribution in [1.82, 2.24) is 19.9 Å². The zero-order valence-corrected chi connectivity index (χ0v) is 17.8. The van der Waals surface area contributed by atoms with Gasteiger partial charge in [-0.15, -0.1) is 0 Å². The first-order chi connectivity index (χ1) is 15.2. The van der Waals surface area contributed by atoms with Crippen molar-refractivity contribution in [3.8, 4) is 0 Å². The number of nitrogen functional groups attached to an aromatic ring is 1. The zero-order valence-electron chi connectivity index (χ0n) is 17.8. The van der Waals surface area contributed by atoms with Crippen LogP contribution in [0.5, 0.6) is 0 Å². The minimum absolute atomic E-state index is 0.252. The van der Waals surface area contributed by atoms with Gasteiger partial charge in [0, 0.05) is 31.9 Å². The number of hydrogen-bond acceptors (Lipinski definition) is 6. The summed E-state index contributed by atoms with van der Waals surface area (Å²) in [6.45, 7) is 5.72. The van der Waals surface area contributed by atoms with E-state index in [1.165, 1.54) is 22.4 Å². The van der Waals surface area contributed by atoms with Gasteiger partial charge in [0.2, 0.25) is 5.95 Å². The number of aromatic amines is 1. The molecule has 0 unspecified atom stereocenters. The molecule has 0 amide bonds. The lowest BCUT2D eigenvalue weighted by molar-refractivity contribution is 0.714. The van der Waals surface area contributed by atoms with Gasteiger partial charge in [0.05, 0.1) is 6.33 Å². The molecule has 0 fully saturated rings. The molecular formula is C24H27N7. The van der Waals surface area contributed by atoms with Crippen LogP contribution in [0, 0.1) is 6.92 Å². The van der Waals surface area contributed by atoms with Crippen LogP contribution in [0.2, 0.25) is 0 Å². The first kappa shape index (κ1) is 19.4. The molecule has 31 heavy (non-hydrogen) atoms. The monoisotopic (exact) mass is 413 g/mol. The second-order valence-corrected chi connectivity index (χ2v) is 8.14. The SMILES string of the molecule is Cc1cccc(CCCN2CCN(c3nc(N)nc4nc[nH]c34)Cc3ccccc32)c1. The Labute approximate surface area is 182 Å². The number of nitrogens with zero attached hydrogens (tertiary/aromatic N) is 5. The van der Waals surface area contributed by atoms with Crippen molar-refractivity contribution in [1.29, 1.82) is 0 Å². The number of aryl methyl sites for hydroxylation is 2. The van der Waals surface area contributed by atoms with E-state index >= 15 is 0 Å². The van der Waals surface area contributed by atoms with E-state index in [0.29, 0.717) is 5.65 Å². The molecule has 4 aromatic rings. The van der Waals surface area contributed by atoms with Gasteiger partial charge in [-0.3, -0.25) is 0 Å². The smallest absolute Gasteiger partial charge is 0.224 e. The number of benzene rings is 2. The number of fused-ring (bicyclic) bond motifs is 2. The molecule has 7 heteroatoms. The standard InChI is InChI=1S/C24H27N7/c1-17-6-4-7-18(14-17)8-5-11-30-12-13-31(15-19-9-2-3-10-20(19)30)23-21-22(27-16-26-21)28-24(25)29-23/h2-4,6-7,9-10,14,16H,5,8,11-13,15H2,1H3,(H3,25,26,27,28,29). The van der Waals surface area contributed by atoms with Crippen LogP contribution in [0.1, 0.15) is 23.1 Å².